The first-order valence-corrected chi connectivity index (χ1v) is 8.99. The third-order valence-electron chi connectivity index (χ3n) is 3.64. The lowest BCUT2D eigenvalue weighted by Crippen LogP contribution is -2.20. The molecule has 0 bridgehead atoms. The molecule has 0 aliphatic rings. The Hall–Kier alpha value is -4.08. The second kappa shape index (κ2) is 11.1. The summed E-state index contributed by atoms with van der Waals surface area (Å²) < 4.78 is 0. The Bertz CT molecular complexity index is 966. The number of aromatic amines is 2. The van der Waals surface area contributed by atoms with Crippen LogP contribution in [0.1, 0.15) is 0 Å². The number of carbonyl (C=O) groups excluding carboxylic acids is 2. The second-order valence-electron chi connectivity index (χ2n) is 6.39. The standard InChI is InChI=1S/2C7H6N2.C6H12N4O2/c2*1-2-4-7-6(3-1)8-5-9-7;1-9(2)5(11)7-8-6(12)10(3)4/h2*1-5H,(H,8,9);1-4H3. The van der Waals surface area contributed by atoms with Gasteiger partial charge in [0.15, 0.2) is 0 Å². The van der Waals surface area contributed by atoms with Gasteiger partial charge < -0.3 is 19.8 Å². The third-order valence-corrected chi connectivity index (χ3v) is 3.64. The number of hydrogen-bond donors (Lipinski definition) is 2. The second-order valence-corrected chi connectivity index (χ2v) is 6.39. The fraction of sp³-hybridized carbons (Fsp3) is 0.200. The molecule has 0 spiro atoms. The average Bonchev–Trinajstić information content (AvgIpc) is 3.41. The predicted octanol–water partition coefficient (Wildman–Crippen LogP) is 3.93. The maximum atomic E-state index is 10.8. The molecular weight excluding hydrogens is 384 g/mol. The third kappa shape index (κ3) is 6.82. The Morgan fingerprint density at radius 2 is 1.07 bits per heavy atom. The van der Waals surface area contributed by atoms with E-state index in [0.717, 1.165) is 22.1 Å². The Morgan fingerprint density at radius 1 is 0.700 bits per heavy atom. The number of imidazole rings is 2. The van der Waals surface area contributed by atoms with Crippen molar-refractivity contribution in [1.82, 2.24) is 29.7 Å². The molecule has 0 radical (unpaired) electrons. The zero-order valence-corrected chi connectivity index (χ0v) is 17.3. The molecule has 4 rings (SSSR count). The van der Waals surface area contributed by atoms with Crippen LogP contribution in [0.3, 0.4) is 0 Å². The molecule has 0 fully saturated rings. The minimum atomic E-state index is -0.551. The van der Waals surface area contributed by atoms with Gasteiger partial charge in [-0.25, -0.2) is 19.6 Å². The number of amides is 4. The summed E-state index contributed by atoms with van der Waals surface area (Å²) in [6, 6.07) is 14.8. The van der Waals surface area contributed by atoms with Crippen LogP contribution >= 0.6 is 0 Å². The van der Waals surface area contributed by atoms with Crippen LogP contribution in [-0.4, -0.2) is 70.0 Å². The van der Waals surface area contributed by atoms with Crippen molar-refractivity contribution in [3.63, 3.8) is 0 Å². The molecule has 0 aliphatic heterocycles. The van der Waals surface area contributed by atoms with Gasteiger partial charge in [0.1, 0.15) is 0 Å². The summed E-state index contributed by atoms with van der Waals surface area (Å²) >= 11 is 0. The van der Waals surface area contributed by atoms with Crippen LogP contribution in [0.2, 0.25) is 0 Å². The highest BCUT2D eigenvalue weighted by molar-refractivity contribution is 5.79. The fourth-order valence-electron chi connectivity index (χ4n) is 2.02. The molecule has 2 aromatic carbocycles. The SMILES string of the molecule is CN(C)C(=O)N=NC(=O)N(C)C.c1ccc2[nH]cnc2c1.c1ccc2[nH]cnc2c1. The topological polar surface area (TPSA) is 123 Å². The molecule has 0 aliphatic carbocycles. The minimum Gasteiger partial charge on any atom is -0.345 e. The van der Waals surface area contributed by atoms with Gasteiger partial charge in [-0.1, -0.05) is 34.5 Å². The number of nitrogens with zero attached hydrogens (tertiary/aromatic N) is 6. The molecule has 156 valence electrons. The molecule has 2 N–H and O–H groups in total. The van der Waals surface area contributed by atoms with E-state index in [1.54, 1.807) is 12.7 Å². The zero-order valence-electron chi connectivity index (χ0n) is 17.3. The van der Waals surface area contributed by atoms with Crippen molar-refractivity contribution in [2.24, 2.45) is 10.2 Å². The number of nitrogens with one attached hydrogen (secondary N) is 2. The number of hydrogen-bond acceptors (Lipinski definition) is 4. The molecule has 10 nitrogen and oxygen atoms in total. The molecule has 4 amide bonds. The minimum absolute atomic E-state index is 0.551. The van der Waals surface area contributed by atoms with Gasteiger partial charge in [0, 0.05) is 28.2 Å². The van der Waals surface area contributed by atoms with Crippen molar-refractivity contribution in [2.45, 2.75) is 0 Å². The molecule has 0 saturated heterocycles. The van der Waals surface area contributed by atoms with Crippen molar-refractivity contribution in [1.29, 1.82) is 0 Å². The van der Waals surface area contributed by atoms with Crippen LogP contribution in [0.15, 0.2) is 71.4 Å². The van der Waals surface area contributed by atoms with E-state index >= 15 is 0 Å². The van der Waals surface area contributed by atoms with Crippen molar-refractivity contribution in [2.75, 3.05) is 28.2 Å². The summed E-state index contributed by atoms with van der Waals surface area (Å²) in [6.07, 6.45) is 3.40. The lowest BCUT2D eigenvalue weighted by atomic mass is 10.3. The van der Waals surface area contributed by atoms with E-state index in [1.165, 1.54) is 38.0 Å². The first-order chi connectivity index (χ1) is 14.4. The highest BCUT2D eigenvalue weighted by atomic mass is 16.2. The first kappa shape index (κ1) is 22.2. The quantitative estimate of drug-likeness (QED) is 0.428. The molecule has 0 atom stereocenters. The summed E-state index contributed by atoms with van der Waals surface area (Å²) in [5.41, 5.74) is 4.24. The lowest BCUT2D eigenvalue weighted by molar-refractivity contribution is 0.218. The molecule has 2 aromatic heterocycles. The fourth-order valence-corrected chi connectivity index (χ4v) is 2.02. The Morgan fingerprint density at radius 3 is 1.40 bits per heavy atom. The van der Waals surface area contributed by atoms with E-state index < -0.39 is 12.1 Å². The van der Waals surface area contributed by atoms with Crippen molar-refractivity contribution in [3.05, 3.63) is 61.2 Å². The van der Waals surface area contributed by atoms with Crippen LogP contribution in [0.25, 0.3) is 22.1 Å². The van der Waals surface area contributed by atoms with E-state index in [1.807, 2.05) is 48.5 Å². The largest absolute Gasteiger partial charge is 0.361 e. The van der Waals surface area contributed by atoms with Crippen LogP contribution in [0, 0.1) is 0 Å². The van der Waals surface area contributed by atoms with Crippen molar-refractivity contribution >= 4 is 34.1 Å². The first-order valence-electron chi connectivity index (χ1n) is 8.99. The molecule has 2 heterocycles. The number of H-pyrrole nitrogens is 2. The van der Waals surface area contributed by atoms with E-state index in [9.17, 15) is 9.59 Å². The normalized spacial score (nSPS) is 10.1. The van der Waals surface area contributed by atoms with Crippen molar-refractivity contribution in [3.8, 4) is 0 Å². The predicted molar refractivity (Wildman–Crippen MR) is 115 cm³/mol. The maximum Gasteiger partial charge on any atom is 0.361 e. The van der Waals surface area contributed by atoms with E-state index in [0.29, 0.717) is 0 Å². The molecular formula is C20H24N8O2. The Labute approximate surface area is 173 Å². The summed E-state index contributed by atoms with van der Waals surface area (Å²) in [7, 11) is 6.12. The number of para-hydroxylation sites is 4. The van der Waals surface area contributed by atoms with Crippen LogP contribution in [-0.2, 0) is 0 Å². The van der Waals surface area contributed by atoms with Crippen molar-refractivity contribution < 1.29 is 9.59 Å². The van der Waals surface area contributed by atoms with Gasteiger partial charge >= 0.3 is 12.1 Å². The number of aromatic nitrogens is 4. The van der Waals surface area contributed by atoms with Crippen LogP contribution < -0.4 is 0 Å². The molecule has 10 heteroatoms. The summed E-state index contributed by atoms with van der Waals surface area (Å²) in [4.78, 5) is 38.1. The number of benzene rings is 2. The van der Waals surface area contributed by atoms with Crippen LogP contribution in [0.4, 0.5) is 9.59 Å². The number of urea groups is 2. The molecule has 0 saturated carbocycles. The van der Waals surface area contributed by atoms with E-state index in [-0.39, 0.29) is 0 Å². The smallest absolute Gasteiger partial charge is 0.345 e. The summed E-state index contributed by atoms with van der Waals surface area (Å²) in [6.45, 7) is 0. The monoisotopic (exact) mass is 408 g/mol. The Balaban J connectivity index is 0.000000162. The zero-order chi connectivity index (χ0) is 21.9. The van der Waals surface area contributed by atoms with Gasteiger partial charge in [-0.15, -0.1) is 0 Å². The molecule has 0 unspecified atom stereocenters. The van der Waals surface area contributed by atoms with Crippen LogP contribution in [0.5, 0.6) is 0 Å². The van der Waals surface area contributed by atoms with Gasteiger partial charge in [0.25, 0.3) is 0 Å². The van der Waals surface area contributed by atoms with Gasteiger partial charge in [0.05, 0.1) is 34.7 Å². The summed E-state index contributed by atoms with van der Waals surface area (Å²) in [5, 5.41) is 6.33. The average molecular weight is 408 g/mol. The highest BCUT2D eigenvalue weighted by Gasteiger charge is 2.04. The highest BCUT2D eigenvalue weighted by Crippen LogP contribution is 2.06. The summed E-state index contributed by atoms with van der Waals surface area (Å²) in [5.74, 6) is 0. The number of carbonyl (C=O) groups is 2. The molecule has 4 aromatic rings. The number of fused-ring (bicyclic) bond motifs is 2. The number of azo groups is 1. The Kier molecular flexibility index (Phi) is 8.18. The van der Waals surface area contributed by atoms with Gasteiger partial charge in [0.2, 0.25) is 0 Å². The van der Waals surface area contributed by atoms with E-state index in [4.69, 9.17) is 0 Å². The maximum absolute atomic E-state index is 10.8. The van der Waals surface area contributed by atoms with E-state index in [2.05, 4.69) is 30.2 Å². The molecule has 30 heavy (non-hydrogen) atoms. The van der Waals surface area contributed by atoms with Gasteiger partial charge in [-0.2, -0.15) is 0 Å². The number of rotatable bonds is 0. The van der Waals surface area contributed by atoms with Gasteiger partial charge in [-0.3, -0.25) is 0 Å². The lowest BCUT2D eigenvalue weighted by Gasteiger charge is -2.05. The van der Waals surface area contributed by atoms with Gasteiger partial charge in [-0.05, 0) is 24.3 Å².